The fraction of sp³-hybridized carbons (Fsp3) is 0.778. The Balaban J connectivity index is 0.00000242. The third-order valence-electron chi connectivity index (χ3n) is 3.08. The van der Waals surface area contributed by atoms with Gasteiger partial charge >= 0.3 is 65.1 Å². The van der Waals surface area contributed by atoms with E-state index in [9.17, 15) is 29.0 Å². The molecule has 10 nitrogen and oxygen atoms in total. The molecule has 0 aromatic rings. The Morgan fingerprint density at radius 2 is 2.04 bits per heavy atom. The Labute approximate surface area is 184 Å². The van der Waals surface area contributed by atoms with Crippen LogP contribution in [-0.4, -0.2) is 58.4 Å². The Morgan fingerprint density at radius 3 is 2.61 bits per heavy atom. The third-order valence-corrected chi connectivity index (χ3v) is 4.25. The van der Waals surface area contributed by atoms with Crippen LogP contribution in [0.15, 0.2) is 0 Å². The van der Waals surface area contributed by atoms with E-state index in [0.717, 1.165) is 0 Å². The summed E-state index contributed by atoms with van der Waals surface area (Å²) >= 11 is 3.09. The minimum absolute atomic E-state index is 0. The number of nitrogens with zero attached hydrogens (tertiary/aromatic N) is 1. The molecule has 0 aromatic carbocycles. The zero-order valence-electron chi connectivity index (χ0n) is 12.5. The number of aliphatic hydroxyl groups excluding tert-OH is 1. The molecule has 0 radical (unpaired) electrons. The number of alkyl halides is 1. The molecule has 2 aliphatic rings. The number of ether oxygens (including phenoxy) is 1. The number of hydrogen-bond acceptors (Lipinski definition) is 8. The van der Waals surface area contributed by atoms with E-state index < -0.39 is 49.6 Å². The smallest absolute Gasteiger partial charge is 0.790 e. The fourth-order valence-electron chi connectivity index (χ4n) is 2.06. The Bertz CT molecular complexity index is 494. The number of rotatable bonds is 4. The molecule has 0 spiro atoms. The van der Waals surface area contributed by atoms with E-state index in [1.165, 1.54) is 4.90 Å². The van der Waals surface area contributed by atoms with E-state index in [1.54, 1.807) is 0 Å². The van der Waals surface area contributed by atoms with Gasteiger partial charge < -0.3 is 28.7 Å². The first-order chi connectivity index (χ1) is 9.67. The van der Waals surface area contributed by atoms with Crippen LogP contribution in [0, 0.1) is 0 Å². The van der Waals surface area contributed by atoms with Crippen LogP contribution < -0.4 is 74.2 Å². The third kappa shape index (κ3) is 6.93. The van der Waals surface area contributed by atoms with Crippen LogP contribution in [0.5, 0.6) is 0 Å². The minimum atomic E-state index is -5.16. The van der Waals surface area contributed by atoms with Crippen molar-refractivity contribution >= 4 is 35.7 Å². The Morgan fingerprint density at radius 1 is 1.43 bits per heavy atom. The summed E-state index contributed by atoms with van der Waals surface area (Å²) in [4.78, 5) is 44.4. The van der Waals surface area contributed by atoms with Crippen LogP contribution in [0.1, 0.15) is 6.42 Å². The van der Waals surface area contributed by atoms with Crippen molar-refractivity contribution < 1.29 is 97.4 Å². The second-order valence-electron chi connectivity index (χ2n) is 4.59. The summed E-state index contributed by atoms with van der Waals surface area (Å²) in [7, 11) is -5.16. The molecule has 2 heterocycles. The van der Waals surface area contributed by atoms with Crippen LogP contribution in [0.3, 0.4) is 0 Å². The number of hydrogen-bond donors (Lipinski definition) is 2. The molecule has 1 unspecified atom stereocenters. The topological polar surface area (TPSA) is 151 Å². The minimum Gasteiger partial charge on any atom is -0.790 e. The van der Waals surface area contributed by atoms with Crippen LogP contribution in [0.25, 0.3) is 0 Å². The van der Waals surface area contributed by atoms with E-state index >= 15 is 0 Å². The predicted molar refractivity (Wildman–Crippen MR) is 65.8 cm³/mol. The zero-order chi connectivity index (χ0) is 15.8. The van der Waals surface area contributed by atoms with Gasteiger partial charge in [-0.15, -0.1) is 0 Å². The maximum atomic E-state index is 11.7. The summed E-state index contributed by atoms with van der Waals surface area (Å²) in [5.74, 6) is -0.478. The monoisotopic (exact) mass is 432 g/mol. The first-order valence-electron chi connectivity index (χ1n) is 5.93. The number of carbonyl (C=O) groups excluding carboxylic acids is 2. The standard InChI is InChI=1S/C9H14BrN2O8P.2Na/c10-4-2-12(9(15)11-8(4)14)7-1-5(13)6(20-7)3-19-21(16,17)18;;/h4-7,13H,1-3H2,(H,11,14,15)(H2,16,17,18);;/q;2*+1/p-2/t4?,5-,6+,7+;;/m0../s1. The molecule has 0 bridgehead atoms. The van der Waals surface area contributed by atoms with Crippen LogP contribution in [0.4, 0.5) is 4.79 Å². The molecule has 0 aliphatic carbocycles. The van der Waals surface area contributed by atoms with Crippen molar-refractivity contribution in [2.24, 2.45) is 0 Å². The van der Waals surface area contributed by atoms with Crippen LogP contribution in [0.2, 0.25) is 0 Å². The summed E-state index contributed by atoms with van der Waals surface area (Å²) in [6.07, 6.45) is -2.98. The molecule has 23 heavy (non-hydrogen) atoms. The Hall–Kier alpha value is 1.45. The van der Waals surface area contributed by atoms with Gasteiger partial charge in [-0.1, -0.05) is 15.9 Å². The van der Waals surface area contributed by atoms with Gasteiger partial charge in [0.15, 0.2) is 0 Å². The number of carbonyl (C=O) groups is 2. The van der Waals surface area contributed by atoms with Gasteiger partial charge in [-0.2, -0.15) is 0 Å². The summed E-state index contributed by atoms with van der Waals surface area (Å²) in [6, 6.07) is -0.673. The normalized spacial score (nSPS) is 31.2. The zero-order valence-corrected chi connectivity index (χ0v) is 19.0. The molecule has 14 heteroatoms. The van der Waals surface area contributed by atoms with E-state index in [2.05, 4.69) is 25.8 Å². The SMILES string of the molecule is O=C1NC(=O)N([C@H]2C[C@H](O)[C@@H](COP(=O)([O-])[O-])O2)CC1Br.[Na+].[Na+]. The van der Waals surface area contributed by atoms with E-state index in [0.29, 0.717) is 0 Å². The van der Waals surface area contributed by atoms with Crippen molar-refractivity contribution in [3.8, 4) is 0 Å². The number of halogens is 1. The molecule has 4 atom stereocenters. The average molecular weight is 433 g/mol. The van der Waals surface area contributed by atoms with Gasteiger partial charge in [0.2, 0.25) is 5.91 Å². The maximum absolute atomic E-state index is 11.7. The molecule has 2 fully saturated rings. The summed E-state index contributed by atoms with van der Waals surface area (Å²) in [6.45, 7) is -0.592. The summed E-state index contributed by atoms with van der Waals surface area (Å²) in [5.41, 5.74) is 0. The quantitative estimate of drug-likeness (QED) is 0.252. The number of nitrogens with one attached hydrogen (secondary N) is 1. The summed E-state index contributed by atoms with van der Waals surface area (Å²) < 4.78 is 19.8. The molecule has 120 valence electrons. The van der Waals surface area contributed by atoms with Crippen molar-refractivity contribution in [1.82, 2.24) is 10.2 Å². The van der Waals surface area contributed by atoms with Gasteiger partial charge in [-0.05, 0) is 0 Å². The van der Waals surface area contributed by atoms with E-state index in [-0.39, 0.29) is 72.1 Å². The molecule has 2 saturated heterocycles. The number of phosphoric acid groups is 1. The molecule has 3 amide bonds. The van der Waals surface area contributed by atoms with Gasteiger partial charge in [-0.25, -0.2) is 4.79 Å². The van der Waals surface area contributed by atoms with Crippen molar-refractivity contribution in [3.05, 3.63) is 0 Å². The number of amides is 3. The van der Waals surface area contributed by atoms with Gasteiger partial charge in [-0.3, -0.25) is 15.0 Å². The number of urea groups is 1. The van der Waals surface area contributed by atoms with Gasteiger partial charge in [0.05, 0.1) is 20.5 Å². The number of imide groups is 1. The second-order valence-corrected chi connectivity index (χ2v) is 6.85. The maximum Gasteiger partial charge on any atom is 1.00 e. The largest absolute Gasteiger partial charge is 1.00 e. The molecule has 2 N–H and O–H groups in total. The van der Waals surface area contributed by atoms with E-state index in [1.807, 2.05) is 0 Å². The van der Waals surface area contributed by atoms with E-state index in [4.69, 9.17) is 4.74 Å². The molecular weight excluding hydrogens is 421 g/mol. The van der Waals surface area contributed by atoms with Crippen molar-refractivity contribution in [2.75, 3.05) is 13.2 Å². The summed E-state index contributed by atoms with van der Waals surface area (Å²) in [5, 5.41) is 11.9. The molecular formula is C9H12BrN2Na2O8P. The molecule has 2 rings (SSSR count). The van der Waals surface area contributed by atoms with Crippen LogP contribution in [-0.2, 0) is 18.6 Å². The molecule has 2 aliphatic heterocycles. The van der Waals surface area contributed by atoms with Gasteiger partial charge in [0, 0.05) is 13.0 Å². The first kappa shape index (κ1) is 24.5. The first-order valence-corrected chi connectivity index (χ1v) is 8.30. The van der Waals surface area contributed by atoms with Gasteiger partial charge in [0.1, 0.15) is 17.2 Å². The van der Waals surface area contributed by atoms with Crippen molar-refractivity contribution in [3.63, 3.8) is 0 Å². The predicted octanol–water partition coefficient (Wildman–Crippen LogP) is -8.37. The van der Waals surface area contributed by atoms with Crippen molar-refractivity contribution in [2.45, 2.75) is 29.7 Å². The van der Waals surface area contributed by atoms with Crippen molar-refractivity contribution in [1.29, 1.82) is 0 Å². The Kier molecular flexibility index (Phi) is 10.6. The van der Waals surface area contributed by atoms with Crippen LogP contribution >= 0.6 is 23.8 Å². The molecule has 0 saturated carbocycles. The average Bonchev–Trinajstić information content (AvgIpc) is 2.72. The second kappa shape index (κ2) is 9.96. The van der Waals surface area contributed by atoms with Gasteiger partial charge in [0.25, 0.3) is 0 Å². The number of phosphoric ester groups is 1. The fourth-order valence-corrected chi connectivity index (χ4v) is 2.82. The molecule has 0 aromatic heterocycles. The number of aliphatic hydroxyl groups is 1.